The van der Waals surface area contributed by atoms with Crippen molar-refractivity contribution in [2.24, 2.45) is 0 Å². The first kappa shape index (κ1) is 15.1. The van der Waals surface area contributed by atoms with Crippen molar-refractivity contribution < 1.29 is 9.90 Å². The van der Waals surface area contributed by atoms with Crippen LogP contribution in [0.25, 0.3) is 10.9 Å². The predicted octanol–water partition coefficient (Wildman–Crippen LogP) is 3.84. The van der Waals surface area contributed by atoms with Crippen LogP contribution in [0.15, 0.2) is 48.7 Å². The van der Waals surface area contributed by atoms with Crippen molar-refractivity contribution in [3.8, 4) is 6.07 Å². The average molecular weight is 325 g/mol. The Morgan fingerprint density at radius 3 is 2.74 bits per heavy atom. The summed E-state index contributed by atoms with van der Waals surface area (Å²) in [6.45, 7) is 0.501. The molecule has 2 aromatic carbocycles. The molecule has 23 heavy (non-hydrogen) atoms. The Kier molecular flexibility index (Phi) is 4.05. The summed E-state index contributed by atoms with van der Waals surface area (Å²) in [4.78, 5) is 11.1. The van der Waals surface area contributed by atoms with Crippen LogP contribution in [0.3, 0.4) is 0 Å². The van der Waals surface area contributed by atoms with E-state index in [0.717, 1.165) is 16.5 Å². The van der Waals surface area contributed by atoms with Gasteiger partial charge in [0.2, 0.25) is 0 Å². The number of carboxylic acid groups (broad SMARTS) is 1. The fourth-order valence-electron chi connectivity index (χ4n) is 2.73. The molecule has 5 heteroatoms. The summed E-state index contributed by atoms with van der Waals surface area (Å²) in [7, 11) is 0. The lowest BCUT2D eigenvalue weighted by Crippen LogP contribution is -2.01. The molecule has 0 atom stereocenters. The van der Waals surface area contributed by atoms with Crippen LogP contribution in [0.2, 0.25) is 5.02 Å². The Hall–Kier alpha value is -2.77. The van der Waals surface area contributed by atoms with Crippen molar-refractivity contribution in [2.45, 2.75) is 13.0 Å². The highest BCUT2D eigenvalue weighted by molar-refractivity contribution is 6.31. The number of carbonyl (C=O) groups is 1. The number of nitrogens with zero attached hydrogens (tertiary/aromatic N) is 2. The number of aliphatic carboxylic acids is 1. The van der Waals surface area contributed by atoms with E-state index in [-0.39, 0.29) is 6.42 Å². The largest absolute Gasteiger partial charge is 0.481 e. The summed E-state index contributed by atoms with van der Waals surface area (Å²) >= 11 is 6.04. The van der Waals surface area contributed by atoms with Gasteiger partial charge in [-0.15, -0.1) is 0 Å². The number of halogens is 1. The lowest BCUT2D eigenvalue weighted by Gasteiger charge is -2.07. The minimum Gasteiger partial charge on any atom is -0.481 e. The first-order chi connectivity index (χ1) is 11.1. The number of carboxylic acids is 1. The molecule has 0 aliphatic heterocycles. The maximum atomic E-state index is 11.1. The van der Waals surface area contributed by atoms with E-state index in [2.05, 4.69) is 6.07 Å². The number of aromatic nitrogens is 1. The second kappa shape index (κ2) is 6.15. The minimum atomic E-state index is -0.888. The van der Waals surface area contributed by atoms with Crippen LogP contribution in [0.1, 0.15) is 16.7 Å². The van der Waals surface area contributed by atoms with E-state index in [9.17, 15) is 10.1 Å². The molecular formula is C18H13ClN2O2. The zero-order chi connectivity index (χ0) is 16.4. The molecule has 1 heterocycles. The van der Waals surface area contributed by atoms with Crippen molar-refractivity contribution in [1.82, 2.24) is 4.57 Å². The molecule has 1 N–H and O–H groups in total. The summed E-state index contributed by atoms with van der Waals surface area (Å²) in [6, 6.07) is 15.0. The maximum Gasteiger partial charge on any atom is 0.307 e. The molecular weight excluding hydrogens is 312 g/mol. The summed E-state index contributed by atoms with van der Waals surface area (Å²) in [6.07, 6.45) is 1.76. The van der Waals surface area contributed by atoms with Crippen molar-refractivity contribution in [2.75, 3.05) is 0 Å². The van der Waals surface area contributed by atoms with Gasteiger partial charge in [-0.2, -0.15) is 5.26 Å². The Morgan fingerprint density at radius 2 is 2.00 bits per heavy atom. The molecule has 0 bridgehead atoms. The number of rotatable bonds is 4. The molecule has 0 radical (unpaired) electrons. The quantitative estimate of drug-likeness (QED) is 0.793. The second-order valence-electron chi connectivity index (χ2n) is 5.28. The Bertz CT molecular complexity index is 938. The minimum absolute atomic E-state index is 0.0657. The first-order valence-corrected chi connectivity index (χ1v) is 7.43. The van der Waals surface area contributed by atoms with Crippen LogP contribution < -0.4 is 0 Å². The van der Waals surface area contributed by atoms with E-state index >= 15 is 0 Å². The molecule has 0 aliphatic carbocycles. The Labute approximate surface area is 138 Å². The fourth-order valence-corrected chi connectivity index (χ4v) is 2.90. The van der Waals surface area contributed by atoms with E-state index < -0.39 is 5.97 Å². The number of nitriles is 1. The molecule has 0 saturated carbocycles. The predicted molar refractivity (Wildman–Crippen MR) is 88.5 cm³/mol. The van der Waals surface area contributed by atoms with Crippen LogP contribution >= 0.6 is 11.6 Å². The van der Waals surface area contributed by atoms with E-state index in [4.69, 9.17) is 16.7 Å². The van der Waals surface area contributed by atoms with E-state index in [1.54, 1.807) is 18.2 Å². The highest BCUT2D eigenvalue weighted by atomic mass is 35.5. The van der Waals surface area contributed by atoms with Crippen molar-refractivity contribution >= 4 is 28.5 Å². The second-order valence-corrected chi connectivity index (χ2v) is 5.72. The lowest BCUT2D eigenvalue weighted by molar-refractivity contribution is -0.136. The van der Waals surface area contributed by atoms with Crippen LogP contribution in [0.5, 0.6) is 0 Å². The van der Waals surface area contributed by atoms with Crippen LogP contribution in [-0.2, 0) is 17.8 Å². The molecule has 0 saturated heterocycles. The van der Waals surface area contributed by atoms with Gasteiger partial charge in [0.15, 0.2) is 0 Å². The van der Waals surface area contributed by atoms with Gasteiger partial charge in [0, 0.05) is 28.7 Å². The molecule has 0 aliphatic rings. The van der Waals surface area contributed by atoms with Gasteiger partial charge in [0.1, 0.15) is 0 Å². The highest BCUT2D eigenvalue weighted by Gasteiger charge is 2.13. The third kappa shape index (κ3) is 3.05. The Morgan fingerprint density at radius 1 is 1.22 bits per heavy atom. The summed E-state index contributed by atoms with van der Waals surface area (Å²) in [5, 5.41) is 19.7. The van der Waals surface area contributed by atoms with Gasteiger partial charge < -0.3 is 9.67 Å². The van der Waals surface area contributed by atoms with Crippen LogP contribution in [0.4, 0.5) is 0 Å². The third-order valence-corrected chi connectivity index (χ3v) is 3.98. The monoisotopic (exact) mass is 324 g/mol. The lowest BCUT2D eigenvalue weighted by atomic mass is 10.1. The van der Waals surface area contributed by atoms with Crippen LogP contribution in [-0.4, -0.2) is 15.6 Å². The number of hydrogen-bond acceptors (Lipinski definition) is 2. The smallest absolute Gasteiger partial charge is 0.307 e. The van der Waals surface area contributed by atoms with Gasteiger partial charge in [-0.05, 0) is 35.4 Å². The fraction of sp³-hybridized carbons (Fsp3) is 0.111. The molecule has 4 nitrogen and oxygen atoms in total. The van der Waals surface area contributed by atoms with E-state index in [1.165, 1.54) is 0 Å². The van der Waals surface area contributed by atoms with Crippen molar-refractivity contribution in [3.05, 3.63) is 70.4 Å². The first-order valence-electron chi connectivity index (χ1n) is 7.05. The SMILES string of the molecule is N#Cc1ccccc1Cn1cc(CC(=O)O)c2cc(Cl)ccc21. The number of hydrogen-bond donors (Lipinski definition) is 1. The van der Waals surface area contributed by atoms with Crippen molar-refractivity contribution in [1.29, 1.82) is 5.26 Å². The number of fused-ring (bicyclic) bond motifs is 1. The zero-order valence-electron chi connectivity index (χ0n) is 12.2. The molecule has 0 fully saturated rings. The van der Waals surface area contributed by atoms with Crippen LogP contribution in [0, 0.1) is 11.3 Å². The van der Waals surface area contributed by atoms with Crippen molar-refractivity contribution in [3.63, 3.8) is 0 Å². The normalized spacial score (nSPS) is 10.6. The number of benzene rings is 2. The zero-order valence-corrected chi connectivity index (χ0v) is 12.9. The van der Waals surface area contributed by atoms with Gasteiger partial charge in [0.05, 0.1) is 18.1 Å². The molecule has 3 aromatic rings. The molecule has 114 valence electrons. The summed E-state index contributed by atoms with van der Waals surface area (Å²) < 4.78 is 1.96. The Balaban J connectivity index is 2.11. The topological polar surface area (TPSA) is 66.0 Å². The van der Waals surface area contributed by atoms with E-state index in [0.29, 0.717) is 22.7 Å². The van der Waals surface area contributed by atoms with Gasteiger partial charge in [-0.3, -0.25) is 4.79 Å². The average Bonchev–Trinajstić information content (AvgIpc) is 2.84. The molecule has 0 spiro atoms. The highest BCUT2D eigenvalue weighted by Crippen LogP contribution is 2.26. The van der Waals surface area contributed by atoms with Gasteiger partial charge >= 0.3 is 5.97 Å². The molecule has 0 amide bonds. The molecule has 1 aromatic heterocycles. The molecule has 0 unspecified atom stereocenters. The summed E-state index contributed by atoms with van der Waals surface area (Å²) in [5.74, 6) is -0.888. The molecule has 3 rings (SSSR count). The maximum absolute atomic E-state index is 11.1. The third-order valence-electron chi connectivity index (χ3n) is 3.75. The summed E-state index contributed by atoms with van der Waals surface area (Å²) in [5.41, 5.74) is 3.12. The van der Waals surface area contributed by atoms with E-state index in [1.807, 2.05) is 35.0 Å². The van der Waals surface area contributed by atoms with Gasteiger partial charge in [-0.25, -0.2) is 0 Å². The van der Waals surface area contributed by atoms with Gasteiger partial charge in [0.25, 0.3) is 0 Å². The standard InChI is InChI=1S/C18H13ClN2O2/c19-15-5-6-17-16(8-15)14(7-18(22)23)11-21(17)10-13-4-2-1-3-12(13)9-20/h1-6,8,11H,7,10H2,(H,22,23). The van der Waals surface area contributed by atoms with Gasteiger partial charge in [-0.1, -0.05) is 29.8 Å².